The number of halogens is 1. The van der Waals surface area contributed by atoms with Crippen LogP contribution in [0.1, 0.15) is 44.5 Å². The molecule has 2 aromatic rings. The van der Waals surface area contributed by atoms with Crippen LogP contribution in [-0.4, -0.2) is 69.7 Å². The fourth-order valence-corrected chi connectivity index (χ4v) is 3.25. The first kappa shape index (κ1) is 21.0. The summed E-state index contributed by atoms with van der Waals surface area (Å²) in [6.45, 7) is 10.1. The molecule has 158 valence electrons. The third kappa shape index (κ3) is 5.23. The topological polar surface area (TPSA) is 98.9 Å². The summed E-state index contributed by atoms with van der Waals surface area (Å²) in [6, 6.07) is 5.01. The van der Waals surface area contributed by atoms with Gasteiger partial charge in [-0.1, -0.05) is 19.0 Å². The molecule has 1 saturated heterocycles. The van der Waals surface area contributed by atoms with E-state index >= 15 is 0 Å². The van der Waals surface area contributed by atoms with Crippen molar-refractivity contribution in [1.29, 1.82) is 0 Å². The van der Waals surface area contributed by atoms with Gasteiger partial charge in [0.05, 0.1) is 6.61 Å². The summed E-state index contributed by atoms with van der Waals surface area (Å²) in [5.41, 5.74) is -0.134. The van der Waals surface area contributed by atoms with Gasteiger partial charge in [0.25, 0.3) is 0 Å². The van der Waals surface area contributed by atoms with E-state index in [2.05, 4.69) is 26.9 Å². The van der Waals surface area contributed by atoms with Gasteiger partial charge in [0.1, 0.15) is 5.75 Å². The van der Waals surface area contributed by atoms with Crippen LogP contribution in [0.5, 0.6) is 5.75 Å². The molecule has 0 spiro atoms. The van der Waals surface area contributed by atoms with Crippen molar-refractivity contribution in [2.45, 2.75) is 39.2 Å². The summed E-state index contributed by atoms with van der Waals surface area (Å²) in [7, 11) is 0. The van der Waals surface area contributed by atoms with Crippen molar-refractivity contribution in [1.82, 2.24) is 15.0 Å². The minimum atomic E-state index is -0.789. The van der Waals surface area contributed by atoms with E-state index in [1.807, 2.05) is 13.8 Å². The summed E-state index contributed by atoms with van der Waals surface area (Å²) >= 11 is 0. The second-order valence-corrected chi connectivity index (χ2v) is 7.59. The molecule has 0 saturated carbocycles. The maximum Gasteiger partial charge on any atom is 0.660 e. The van der Waals surface area contributed by atoms with Gasteiger partial charge in [0.15, 0.2) is 11.6 Å². The molecule has 3 N–H and O–H groups in total. The first-order chi connectivity index (χ1) is 13.8. The quantitative estimate of drug-likeness (QED) is 0.619. The molecule has 1 aromatic carbocycles. The Hall–Kier alpha value is -2.68. The Morgan fingerprint density at radius 2 is 2.00 bits per heavy atom. The van der Waals surface area contributed by atoms with Crippen LogP contribution in [0.4, 0.5) is 10.4 Å². The van der Waals surface area contributed by atoms with Gasteiger partial charge in [-0.15, -0.1) is 0 Å². The number of ether oxygens (including phenoxy) is 1. The van der Waals surface area contributed by atoms with Crippen molar-refractivity contribution in [3.63, 3.8) is 0 Å². The first-order valence-corrected chi connectivity index (χ1v) is 9.88. The maximum absolute atomic E-state index is 13.8. The Balaban J connectivity index is 1.43. The number of piperazine rings is 1. The van der Waals surface area contributed by atoms with E-state index in [0.717, 1.165) is 38.4 Å². The number of hydrogen-bond acceptors (Lipinski definition) is 6. The van der Waals surface area contributed by atoms with Gasteiger partial charge in [0.2, 0.25) is 5.56 Å². The van der Waals surface area contributed by atoms with Crippen LogP contribution in [0.25, 0.3) is 0 Å². The lowest BCUT2D eigenvalue weighted by atomic mass is 10.2. The largest absolute Gasteiger partial charge is 0.660 e. The van der Waals surface area contributed by atoms with Crippen molar-refractivity contribution in [2.24, 2.45) is 0 Å². The van der Waals surface area contributed by atoms with Crippen LogP contribution >= 0.6 is 0 Å². The number of rotatable bonds is 8. The maximum atomic E-state index is 13.8. The Labute approximate surface area is 169 Å². The van der Waals surface area contributed by atoms with Gasteiger partial charge in [-0.25, -0.2) is 4.39 Å². The highest BCUT2D eigenvalue weighted by molar-refractivity contribution is 5.88. The molecule has 0 unspecified atom stereocenters. The van der Waals surface area contributed by atoms with Crippen molar-refractivity contribution in [2.75, 3.05) is 37.7 Å². The van der Waals surface area contributed by atoms with E-state index in [0.29, 0.717) is 24.4 Å². The zero-order valence-corrected chi connectivity index (χ0v) is 17.1. The fourth-order valence-electron chi connectivity index (χ4n) is 3.25. The van der Waals surface area contributed by atoms with Gasteiger partial charge in [-0.05, 0) is 25.5 Å². The minimum Gasteiger partial charge on any atom is -0.519 e. The summed E-state index contributed by atoms with van der Waals surface area (Å²) in [4.78, 5) is 18.0. The van der Waals surface area contributed by atoms with Gasteiger partial charge in [0, 0.05) is 44.2 Å². The molecular weight excluding hydrogens is 379 g/mol. The zero-order chi connectivity index (χ0) is 21.0. The average Bonchev–Trinajstić information content (AvgIpc) is 3.18. The molecule has 1 aliphatic heterocycles. The van der Waals surface area contributed by atoms with Crippen LogP contribution in [0.15, 0.2) is 22.7 Å². The van der Waals surface area contributed by atoms with Crippen molar-refractivity contribution in [3.05, 3.63) is 35.4 Å². The lowest BCUT2D eigenvalue weighted by molar-refractivity contribution is 0.163. The van der Waals surface area contributed by atoms with Crippen molar-refractivity contribution in [3.8, 4) is 5.75 Å². The Bertz CT molecular complexity index is 834. The molecule has 1 aliphatic rings. The third-order valence-corrected chi connectivity index (χ3v) is 5.16. The molecular formula is C20H29FN4O4+2. The summed E-state index contributed by atoms with van der Waals surface area (Å²) in [5, 5.41) is 11.1. The molecule has 9 heteroatoms. The summed E-state index contributed by atoms with van der Waals surface area (Å²) in [5.74, 6) is -0.0898. The van der Waals surface area contributed by atoms with E-state index in [1.54, 1.807) is 6.07 Å². The molecule has 1 fully saturated rings. The van der Waals surface area contributed by atoms with Crippen LogP contribution in [0.2, 0.25) is 0 Å². The Kier molecular flexibility index (Phi) is 6.68. The smallest absolute Gasteiger partial charge is 0.519 e. The number of anilines is 1. The highest BCUT2D eigenvalue weighted by atomic mass is 19.1. The molecule has 2 heterocycles. The molecule has 29 heavy (non-hydrogen) atoms. The fraction of sp³-hybridized carbons (Fsp3) is 0.550. The predicted octanol–water partition coefficient (Wildman–Crippen LogP) is 1.89. The molecule has 0 radical (unpaired) electrons. The van der Waals surface area contributed by atoms with E-state index < -0.39 is 11.8 Å². The van der Waals surface area contributed by atoms with Gasteiger partial charge in [-0.2, -0.15) is 9.78 Å². The standard InChI is InChI=1S/C20H27FN4O4/c1-13(2)18-22-20(29-23-18)25-9-7-24(8-10-25)14(3)6-11-28-15-4-5-16(19(26)27)17(21)12-15/h4-5,12-14H,6-11H2,1-3H3,(H,26,27)/p+2/t14-/m1/s1. The number of aromatic nitrogens is 2. The van der Waals surface area contributed by atoms with Gasteiger partial charge >= 0.3 is 12.0 Å². The van der Waals surface area contributed by atoms with Crippen LogP contribution < -0.4 is 9.64 Å². The van der Waals surface area contributed by atoms with E-state index in [-0.39, 0.29) is 11.5 Å². The van der Waals surface area contributed by atoms with Crippen LogP contribution in [0.3, 0.4) is 0 Å². The lowest BCUT2D eigenvalue weighted by Crippen LogP contribution is -2.50. The zero-order valence-electron chi connectivity index (χ0n) is 17.1. The van der Waals surface area contributed by atoms with Crippen LogP contribution in [0, 0.1) is 5.82 Å². The monoisotopic (exact) mass is 408 g/mol. The molecule has 0 aliphatic carbocycles. The molecule has 1 aromatic heterocycles. The first-order valence-electron chi connectivity index (χ1n) is 9.88. The highest BCUT2D eigenvalue weighted by Gasteiger charge is 2.25. The Morgan fingerprint density at radius 3 is 2.59 bits per heavy atom. The molecule has 8 nitrogen and oxygen atoms in total. The van der Waals surface area contributed by atoms with Gasteiger partial charge in [-0.3, -0.25) is 4.90 Å². The van der Waals surface area contributed by atoms with E-state index in [1.165, 1.54) is 12.1 Å². The highest BCUT2D eigenvalue weighted by Crippen LogP contribution is 2.20. The molecule has 0 bridgehead atoms. The second-order valence-electron chi connectivity index (χ2n) is 7.59. The van der Waals surface area contributed by atoms with Crippen molar-refractivity contribution >= 4 is 12.0 Å². The van der Waals surface area contributed by atoms with Crippen molar-refractivity contribution < 1.29 is 23.6 Å². The minimum absolute atomic E-state index is 0.134. The second kappa shape index (κ2) is 9.21. The molecule has 0 amide bonds. The summed E-state index contributed by atoms with van der Waals surface area (Å²) < 4.78 is 24.8. The van der Waals surface area contributed by atoms with Gasteiger partial charge < -0.3 is 19.3 Å². The Morgan fingerprint density at radius 1 is 1.28 bits per heavy atom. The normalized spacial score (nSPS) is 16.2. The average molecular weight is 408 g/mol. The molecule has 3 rings (SSSR count). The van der Waals surface area contributed by atoms with E-state index in [4.69, 9.17) is 19.2 Å². The number of nitrogens with zero attached hydrogens (tertiary/aromatic N) is 4. The predicted molar refractivity (Wildman–Crippen MR) is 108 cm³/mol. The SMILES string of the molecule is CC(C)c1noc(N2CCN([C@H](C)CCOc3ccc(C(=[OH+])[OH2+])c(F)c3)CC2)n1. The third-order valence-electron chi connectivity index (χ3n) is 5.16. The number of benzene rings is 1. The lowest BCUT2D eigenvalue weighted by Gasteiger charge is -2.37. The van der Waals surface area contributed by atoms with E-state index in [9.17, 15) is 4.39 Å². The van der Waals surface area contributed by atoms with Crippen LogP contribution in [-0.2, 0) is 0 Å². The molecule has 1 atom stereocenters. The number of hydrogen-bond donors (Lipinski definition) is 0. The number of carbonyl (C=O) groups excluding carboxylic acids is 1. The summed E-state index contributed by atoms with van der Waals surface area (Å²) in [6.07, 6.45) is 0.803.